The predicted molar refractivity (Wildman–Crippen MR) is 93.5 cm³/mol. The molecule has 1 aliphatic heterocycles. The molecule has 2 rings (SSSR count). The van der Waals surface area contributed by atoms with E-state index < -0.39 is 0 Å². The minimum atomic E-state index is 0. The van der Waals surface area contributed by atoms with Gasteiger partial charge in [-0.2, -0.15) is 11.8 Å². The van der Waals surface area contributed by atoms with Crippen molar-refractivity contribution in [2.75, 3.05) is 38.7 Å². The van der Waals surface area contributed by atoms with Crippen molar-refractivity contribution in [2.24, 2.45) is 0 Å². The van der Waals surface area contributed by atoms with Crippen LogP contribution in [0.5, 0.6) is 0 Å². The summed E-state index contributed by atoms with van der Waals surface area (Å²) in [5, 5.41) is 6.62. The molecule has 0 aromatic rings. The van der Waals surface area contributed by atoms with E-state index in [9.17, 15) is 4.79 Å². The lowest BCUT2D eigenvalue weighted by Crippen LogP contribution is -2.54. The third-order valence-electron chi connectivity index (χ3n) is 4.78. The van der Waals surface area contributed by atoms with Crippen LogP contribution in [-0.4, -0.2) is 61.1 Å². The maximum atomic E-state index is 12.1. The molecule has 1 saturated carbocycles. The Labute approximate surface area is 139 Å². The van der Waals surface area contributed by atoms with E-state index in [1.807, 2.05) is 11.8 Å². The second kappa shape index (κ2) is 9.23. The molecule has 2 N–H and O–H groups in total. The molecular formula is C15H30ClN3OS. The molecule has 6 heteroatoms. The summed E-state index contributed by atoms with van der Waals surface area (Å²) in [7, 11) is 4.30. The van der Waals surface area contributed by atoms with E-state index in [0.717, 1.165) is 18.8 Å². The third-order valence-corrected chi connectivity index (χ3v) is 5.91. The highest BCUT2D eigenvalue weighted by atomic mass is 35.5. The van der Waals surface area contributed by atoms with Crippen LogP contribution in [0.4, 0.5) is 0 Å². The first-order valence-corrected chi connectivity index (χ1v) is 9.03. The molecule has 1 aliphatic carbocycles. The highest BCUT2D eigenvalue weighted by Crippen LogP contribution is 2.31. The monoisotopic (exact) mass is 335 g/mol. The van der Waals surface area contributed by atoms with Crippen LogP contribution in [-0.2, 0) is 4.79 Å². The molecule has 1 atom stereocenters. The van der Waals surface area contributed by atoms with Crippen LogP contribution in [0.3, 0.4) is 0 Å². The molecule has 1 amide bonds. The molecule has 1 heterocycles. The second-order valence-corrected chi connectivity index (χ2v) is 7.54. The van der Waals surface area contributed by atoms with Crippen LogP contribution in [0.1, 0.15) is 38.5 Å². The summed E-state index contributed by atoms with van der Waals surface area (Å²) < 4.78 is 0. The number of hydrogen-bond acceptors (Lipinski definition) is 4. The van der Waals surface area contributed by atoms with E-state index in [1.165, 1.54) is 37.9 Å². The van der Waals surface area contributed by atoms with E-state index >= 15 is 0 Å². The molecule has 0 spiro atoms. The van der Waals surface area contributed by atoms with Gasteiger partial charge in [0.05, 0.1) is 0 Å². The summed E-state index contributed by atoms with van der Waals surface area (Å²) in [5.41, 5.74) is 0.183. The van der Waals surface area contributed by atoms with Crippen molar-refractivity contribution in [1.82, 2.24) is 15.5 Å². The predicted octanol–water partition coefficient (Wildman–Crippen LogP) is 1.88. The Hall–Kier alpha value is 0.0300. The maximum absolute atomic E-state index is 12.1. The summed E-state index contributed by atoms with van der Waals surface area (Å²) in [4.78, 5) is 14.5. The summed E-state index contributed by atoms with van der Waals surface area (Å²) >= 11 is 1.94. The molecule has 4 nitrogen and oxygen atoms in total. The van der Waals surface area contributed by atoms with Crippen LogP contribution in [0.2, 0.25) is 0 Å². The van der Waals surface area contributed by atoms with Gasteiger partial charge in [0.15, 0.2) is 0 Å². The number of carbonyl (C=O) groups excluding carboxylic acids is 1. The first-order chi connectivity index (χ1) is 9.62. The number of hydrogen-bond donors (Lipinski definition) is 2. The molecule has 0 radical (unpaired) electrons. The Balaban J connectivity index is 0.00000220. The maximum Gasteiger partial charge on any atom is 0.221 e. The van der Waals surface area contributed by atoms with E-state index in [-0.39, 0.29) is 23.9 Å². The van der Waals surface area contributed by atoms with Crippen LogP contribution in [0.25, 0.3) is 0 Å². The molecule has 2 fully saturated rings. The van der Waals surface area contributed by atoms with Crippen molar-refractivity contribution in [2.45, 2.75) is 50.1 Å². The normalized spacial score (nSPS) is 25.2. The number of likely N-dealkylation sites (N-methyl/N-ethyl adjacent to an activating group) is 1. The summed E-state index contributed by atoms with van der Waals surface area (Å²) in [5.74, 6) is 2.44. The highest BCUT2D eigenvalue weighted by molar-refractivity contribution is 7.99. The van der Waals surface area contributed by atoms with Gasteiger partial charge >= 0.3 is 0 Å². The Bertz CT molecular complexity index is 316. The van der Waals surface area contributed by atoms with Gasteiger partial charge in [0.1, 0.15) is 0 Å². The van der Waals surface area contributed by atoms with E-state index in [4.69, 9.17) is 0 Å². The summed E-state index contributed by atoms with van der Waals surface area (Å²) in [6.07, 6.45) is 6.95. The van der Waals surface area contributed by atoms with Crippen LogP contribution in [0.15, 0.2) is 0 Å². The zero-order chi connectivity index (χ0) is 14.4. The van der Waals surface area contributed by atoms with Gasteiger partial charge in [0, 0.05) is 42.6 Å². The summed E-state index contributed by atoms with van der Waals surface area (Å²) in [6.45, 7) is 1.84. The van der Waals surface area contributed by atoms with Gasteiger partial charge < -0.3 is 15.5 Å². The minimum Gasteiger partial charge on any atom is -0.354 e. The fourth-order valence-electron chi connectivity index (χ4n) is 3.30. The molecule has 2 aliphatic rings. The van der Waals surface area contributed by atoms with Crippen LogP contribution < -0.4 is 10.6 Å². The van der Waals surface area contributed by atoms with E-state index in [2.05, 4.69) is 29.6 Å². The lowest BCUT2D eigenvalue weighted by atomic mass is 9.80. The average Bonchev–Trinajstić information content (AvgIpc) is 2.47. The zero-order valence-electron chi connectivity index (χ0n) is 13.3. The van der Waals surface area contributed by atoms with Crippen molar-refractivity contribution in [3.63, 3.8) is 0 Å². The fourth-order valence-corrected chi connectivity index (χ4v) is 4.25. The Morgan fingerprint density at radius 3 is 2.62 bits per heavy atom. The molecule has 1 unspecified atom stereocenters. The number of amides is 1. The highest BCUT2D eigenvalue weighted by Gasteiger charge is 2.34. The quantitative estimate of drug-likeness (QED) is 0.805. The zero-order valence-corrected chi connectivity index (χ0v) is 15.0. The lowest BCUT2D eigenvalue weighted by molar-refractivity contribution is -0.122. The molecule has 0 aromatic carbocycles. The number of halogens is 1. The van der Waals surface area contributed by atoms with Crippen molar-refractivity contribution in [1.29, 1.82) is 0 Å². The Kier molecular flexibility index (Phi) is 8.39. The van der Waals surface area contributed by atoms with Crippen molar-refractivity contribution >= 4 is 30.1 Å². The number of nitrogens with zero attached hydrogens (tertiary/aromatic N) is 1. The first kappa shape index (κ1) is 19.1. The van der Waals surface area contributed by atoms with Crippen molar-refractivity contribution in [3.05, 3.63) is 0 Å². The molecular weight excluding hydrogens is 306 g/mol. The van der Waals surface area contributed by atoms with Crippen LogP contribution in [0, 0.1) is 0 Å². The Morgan fingerprint density at radius 1 is 1.33 bits per heavy atom. The number of thioether (sulfide) groups is 1. The van der Waals surface area contributed by atoms with Gasteiger partial charge in [-0.3, -0.25) is 4.79 Å². The number of carbonyl (C=O) groups is 1. The van der Waals surface area contributed by atoms with Crippen LogP contribution >= 0.6 is 24.2 Å². The first-order valence-electron chi connectivity index (χ1n) is 7.88. The molecule has 0 bridgehead atoms. The number of nitrogens with one attached hydrogen (secondary N) is 2. The minimum absolute atomic E-state index is 0. The molecule has 21 heavy (non-hydrogen) atoms. The second-order valence-electron chi connectivity index (χ2n) is 6.39. The Morgan fingerprint density at radius 2 is 2.05 bits per heavy atom. The molecule has 0 aromatic heterocycles. The van der Waals surface area contributed by atoms with Gasteiger partial charge in [0.2, 0.25) is 5.91 Å². The van der Waals surface area contributed by atoms with E-state index in [0.29, 0.717) is 12.5 Å². The summed E-state index contributed by atoms with van der Waals surface area (Å²) in [6, 6.07) is 0.357. The van der Waals surface area contributed by atoms with E-state index in [1.54, 1.807) is 0 Å². The lowest BCUT2D eigenvalue weighted by Gasteiger charge is -2.43. The smallest absolute Gasteiger partial charge is 0.221 e. The van der Waals surface area contributed by atoms with Crippen molar-refractivity contribution < 1.29 is 4.79 Å². The topological polar surface area (TPSA) is 44.4 Å². The standard InChI is InChI=1S/C15H29N3OS.ClH/c1-18(2)15(6-4-3-5-7-15)12-17-14(19)10-13-11-20-9-8-16-13;/h13,16H,3-12H2,1-2H3,(H,17,19);1H. The SMILES string of the molecule is CN(C)C1(CNC(=O)CC2CSCCN2)CCCCC1.Cl. The molecule has 1 saturated heterocycles. The number of rotatable bonds is 5. The third kappa shape index (κ3) is 5.62. The van der Waals surface area contributed by atoms with Gasteiger partial charge in [0.25, 0.3) is 0 Å². The average molecular weight is 336 g/mol. The van der Waals surface area contributed by atoms with Gasteiger partial charge in [-0.25, -0.2) is 0 Å². The van der Waals surface area contributed by atoms with Gasteiger partial charge in [-0.15, -0.1) is 12.4 Å². The fraction of sp³-hybridized carbons (Fsp3) is 0.933. The largest absolute Gasteiger partial charge is 0.354 e. The van der Waals surface area contributed by atoms with Gasteiger partial charge in [-0.1, -0.05) is 19.3 Å². The van der Waals surface area contributed by atoms with Gasteiger partial charge in [-0.05, 0) is 26.9 Å². The molecule has 124 valence electrons. The van der Waals surface area contributed by atoms with Crippen molar-refractivity contribution in [3.8, 4) is 0 Å².